The lowest BCUT2D eigenvalue weighted by atomic mass is 9.80. The van der Waals surface area contributed by atoms with Crippen molar-refractivity contribution in [1.29, 1.82) is 0 Å². The summed E-state index contributed by atoms with van der Waals surface area (Å²) in [6, 6.07) is 19.2. The zero-order valence-electron chi connectivity index (χ0n) is 22.4. The highest BCUT2D eigenvalue weighted by molar-refractivity contribution is 6.58. The van der Waals surface area contributed by atoms with E-state index in [1.54, 1.807) is 62.6 Å². The van der Waals surface area contributed by atoms with Crippen molar-refractivity contribution in [1.82, 2.24) is 0 Å². The first-order valence-electron chi connectivity index (χ1n) is 13.0. The van der Waals surface area contributed by atoms with Crippen LogP contribution in [-0.4, -0.2) is 62.8 Å². The van der Waals surface area contributed by atoms with Crippen molar-refractivity contribution in [3.8, 4) is 11.5 Å². The lowest BCUT2D eigenvalue weighted by Crippen LogP contribution is -2.29. The quantitative estimate of drug-likeness (QED) is 0.144. The molecule has 0 unspecified atom stereocenters. The molecule has 206 valence electrons. The van der Waals surface area contributed by atoms with Gasteiger partial charge in [-0.2, -0.15) is 0 Å². The van der Waals surface area contributed by atoms with Crippen molar-refractivity contribution in [2.24, 2.45) is 0 Å². The van der Waals surface area contributed by atoms with E-state index in [2.05, 4.69) is 0 Å². The number of anilines is 3. The van der Waals surface area contributed by atoms with Gasteiger partial charge in [-0.05, 0) is 86.2 Å². The van der Waals surface area contributed by atoms with E-state index < -0.39 is 20.8 Å². The van der Waals surface area contributed by atoms with E-state index in [0.29, 0.717) is 34.8 Å². The lowest BCUT2D eigenvalue weighted by Gasteiger charge is -2.26. The summed E-state index contributed by atoms with van der Waals surface area (Å²) in [4.78, 5) is 14.8. The van der Waals surface area contributed by atoms with Gasteiger partial charge in [0.25, 0.3) is 0 Å². The molecule has 0 bridgehead atoms. The fourth-order valence-electron chi connectivity index (χ4n) is 4.04. The minimum atomic E-state index is -1.59. The van der Waals surface area contributed by atoms with Crippen LogP contribution in [0.3, 0.4) is 0 Å². The first kappa shape index (κ1) is 30.0. The van der Waals surface area contributed by atoms with Gasteiger partial charge in [-0.15, -0.1) is 0 Å². The average Bonchev–Trinajstić information content (AvgIpc) is 2.94. The molecule has 0 aromatic heterocycles. The van der Waals surface area contributed by atoms with E-state index in [4.69, 9.17) is 23.9 Å². The number of ether oxygens (including phenoxy) is 3. The summed E-state index contributed by atoms with van der Waals surface area (Å²) in [5.41, 5.74) is 2.79. The molecule has 9 nitrogen and oxygen atoms in total. The summed E-state index contributed by atoms with van der Waals surface area (Å²) < 4.78 is 21.6. The van der Waals surface area contributed by atoms with Gasteiger partial charge >= 0.3 is 20.8 Å². The second-order valence-corrected chi connectivity index (χ2v) is 8.72. The van der Waals surface area contributed by atoms with Crippen molar-refractivity contribution < 1.29 is 38.7 Å². The molecule has 3 aromatic carbocycles. The number of nitrogens with zero attached hydrogens (tertiary/aromatic N) is 1. The number of carbonyl (C=O) groups is 1. The van der Waals surface area contributed by atoms with Crippen LogP contribution in [0.5, 0.6) is 11.5 Å². The summed E-state index contributed by atoms with van der Waals surface area (Å²) >= 11 is 0. The molecule has 0 saturated carbocycles. The SMILES string of the molecule is CCOC(=O)c1cc(N(c2ccc(OBO)cc2)c2ccc(B(O)O)cc2)ccc1OCCCCCCOC. The molecule has 11 heteroatoms. The predicted molar refractivity (Wildman–Crippen MR) is 153 cm³/mol. The first-order valence-corrected chi connectivity index (χ1v) is 13.0. The zero-order chi connectivity index (χ0) is 28.0. The van der Waals surface area contributed by atoms with Crippen molar-refractivity contribution in [3.05, 3.63) is 72.3 Å². The lowest BCUT2D eigenvalue weighted by molar-refractivity contribution is 0.0521. The number of methoxy groups -OCH3 is 1. The smallest absolute Gasteiger partial charge is 0.504 e. The Labute approximate surface area is 230 Å². The van der Waals surface area contributed by atoms with Crippen LogP contribution in [0.4, 0.5) is 17.1 Å². The van der Waals surface area contributed by atoms with Crippen molar-refractivity contribution in [3.63, 3.8) is 0 Å². The molecule has 0 aliphatic carbocycles. The van der Waals surface area contributed by atoms with E-state index in [0.717, 1.165) is 43.7 Å². The van der Waals surface area contributed by atoms with Crippen LogP contribution in [0.1, 0.15) is 43.0 Å². The standard InChI is InChI=1S/C28H35B2NO8/c1-3-37-28(32)26-20-24(14-17-27(26)38-19-7-5-4-6-18-36-2)31(22-10-8-21(9-11-22)30(34)35)23-12-15-25(16-13-23)39-29-33/h8-17,20,29,33-35H,3-7,18-19H2,1-2H3. The Kier molecular flexibility index (Phi) is 12.2. The van der Waals surface area contributed by atoms with Gasteiger partial charge in [0.05, 0.1) is 13.2 Å². The topological polar surface area (TPSA) is 118 Å². The summed E-state index contributed by atoms with van der Waals surface area (Å²) in [6.45, 7) is 3.19. The normalized spacial score (nSPS) is 10.6. The van der Waals surface area contributed by atoms with Crippen LogP contribution in [-0.2, 0) is 9.47 Å². The number of hydrogen-bond donors (Lipinski definition) is 3. The first-order chi connectivity index (χ1) is 19.0. The van der Waals surface area contributed by atoms with Gasteiger partial charge in [0.1, 0.15) is 17.1 Å². The van der Waals surface area contributed by atoms with Crippen LogP contribution < -0.4 is 19.8 Å². The van der Waals surface area contributed by atoms with Crippen LogP contribution >= 0.6 is 0 Å². The number of esters is 1. The van der Waals surface area contributed by atoms with E-state index in [-0.39, 0.29) is 6.61 Å². The molecule has 0 radical (unpaired) electrons. The molecule has 0 aliphatic rings. The second-order valence-electron chi connectivity index (χ2n) is 8.72. The minimum Gasteiger partial charge on any atom is -0.539 e. The number of rotatable bonds is 16. The third-order valence-corrected chi connectivity index (χ3v) is 5.99. The van der Waals surface area contributed by atoms with Crippen LogP contribution in [0.15, 0.2) is 66.7 Å². The summed E-state index contributed by atoms with van der Waals surface area (Å²) in [7, 11) is -0.333. The molecule has 3 aromatic rings. The van der Waals surface area contributed by atoms with Crippen molar-refractivity contribution in [2.45, 2.75) is 32.6 Å². The molecular formula is C28H35B2NO8. The maximum atomic E-state index is 12.9. The fourth-order valence-corrected chi connectivity index (χ4v) is 4.04. The summed E-state index contributed by atoms with van der Waals surface area (Å²) in [6.07, 6.45) is 3.90. The maximum Gasteiger partial charge on any atom is 0.504 e. The number of unbranched alkanes of at least 4 members (excludes halogenated alkanes) is 3. The summed E-state index contributed by atoms with van der Waals surface area (Å²) in [5.74, 6) is 0.456. The Bertz CT molecular complexity index is 1160. The average molecular weight is 535 g/mol. The van der Waals surface area contributed by atoms with Gasteiger partial charge in [0.15, 0.2) is 0 Å². The van der Waals surface area contributed by atoms with Gasteiger partial charge in [-0.3, -0.25) is 0 Å². The Balaban J connectivity index is 1.94. The molecule has 0 amide bonds. The van der Waals surface area contributed by atoms with E-state index >= 15 is 0 Å². The fraction of sp³-hybridized carbons (Fsp3) is 0.321. The number of hydrogen-bond acceptors (Lipinski definition) is 9. The van der Waals surface area contributed by atoms with Crippen molar-refractivity contribution >= 4 is 43.3 Å². The third kappa shape index (κ3) is 8.76. The van der Waals surface area contributed by atoms with E-state index in [1.807, 2.05) is 23.1 Å². The Morgan fingerprint density at radius 2 is 1.49 bits per heavy atom. The molecule has 3 rings (SSSR count). The van der Waals surface area contributed by atoms with E-state index in [9.17, 15) is 14.8 Å². The van der Waals surface area contributed by atoms with Crippen molar-refractivity contribution in [2.75, 3.05) is 31.8 Å². The van der Waals surface area contributed by atoms with Crippen LogP contribution in [0.2, 0.25) is 0 Å². The number of carbonyl (C=O) groups excluding carboxylic acids is 1. The molecule has 0 atom stereocenters. The number of benzene rings is 3. The maximum absolute atomic E-state index is 12.9. The monoisotopic (exact) mass is 535 g/mol. The Morgan fingerprint density at radius 1 is 0.872 bits per heavy atom. The highest BCUT2D eigenvalue weighted by Crippen LogP contribution is 2.37. The molecule has 0 heterocycles. The minimum absolute atomic E-state index is 0.225. The molecule has 0 fully saturated rings. The molecule has 39 heavy (non-hydrogen) atoms. The van der Waals surface area contributed by atoms with Gasteiger partial charge in [-0.25, -0.2) is 4.79 Å². The highest BCUT2D eigenvalue weighted by atomic mass is 16.5. The van der Waals surface area contributed by atoms with E-state index in [1.165, 1.54) is 0 Å². The molecule has 0 saturated heterocycles. The largest absolute Gasteiger partial charge is 0.539 e. The van der Waals surface area contributed by atoms with Gasteiger partial charge in [-0.1, -0.05) is 18.6 Å². The third-order valence-electron chi connectivity index (χ3n) is 5.99. The predicted octanol–water partition coefficient (Wildman–Crippen LogP) is 3.24. The second kappa shape index (κ2) is 15.8. The Hall–Kier alpha value is -3.50. The van der Waals surface area contributed by atoms with Crippen LogP contribution in [0.25, 0.3) is 0 Å². The summed E-state index contributed by atoms with van der Waals surface area (Å²) in [5, 5.41) is 28.1. The zero-order valence-corrected chi connectivity index (χ0v) is 22.4. The molecular weight excluding hydrogens is 500 g/mol. The molecule has 3 N–H and O–H groups in total. The molecule has 0 spiro atoms. The van der Waals surface area contributed by atoms with Gasteiger partial charge in [0, 0.05) is 30.8 Å². The van der Waals surface area contributed by atoms with Gasteiger partial charge in [0.2, 0.25) is 0 Å². The molecule has 0 aliphatic heterocycles. The van der Waals surface area contributed by atoms with Crippen LogP contribution in [0, 0.1) is 0 Å². The Morgan fingerprint density at radius 3 is 2.08 bits per heavy atom. The van der Waals surface area contributed by atoms with Gasteiger partial charge < -0.3 is 38.8 Å². The highest BCUT2D eigenvalue weighted by Gasteiger charge is 2.20.